The Morgan fingerprint density at radius 1 is 0.852 bits per heavy atom. The van der Waals surface area contributed by atoms with Crippen molar-refractivity contribution in [3.05, 3.63) is 29.8 Å². The minimum atomic E-state index is -1.56. The third-order valence-electron chi connectivity index (χ3n) is 3.17. The van der Waals surface area contributed by atoms with Gasteiger partial charge in [0, 0.05) is 12.0 Å². The smallest absolute Gasteiger partial charge is 0.372 e. The van der Waals surface area contributed by atoms with Crippen LogP contribution in [0.2, 0.25) is 0 Å². The number of ether oxygens (including phenoxy) is 4. The second-order valence-corrected chi connectivity index (χ2v) is 5.21. The van der Waals surface area contributed by atoms with E-state index >= 15 is 0 Å². The van der Waals surface area contributed by atoms with Crippen LogP contribution < -0.4 is 4.74 Å². The molecule has 0 fully saturated rings. The molecule has 1 N–H and O–H groups in total. The summed E-state index contributed by atoms with van der Waals surface area (Å²) in [6.45, 7) is 1.55. The largest absolute Gasteiger partial charge is 0.491 e. The minimum Gasteiger partial charge on any atom is -0.491 e. The Bertz CT molecular complexity index is 610. The van der Waals surface area contributed by atoms with Crippen LogP contribution in [0.15, 0.2) is 24.3 Å². The lowest BCUT2D eigenvalue weighted by Crippen LogP contribution is -2.17. The molecule has 0 aliphatic heterocycles. The Balaban J connectivity index is 1.91. The molecular weight excluding hydrogens is 360 g/mol. The number of carbonyl (C=O) groups excluding carboxylic acids is 3. The van der Waals surface area contributed by atoms with Gasteiger partial charge in [0.25, 0.3) is 0 Å². The van der Waals surface area contributed by atoms with E-state index < -0.39 is 17.7 Å². The van der Waals surface area contributed by atoms with E-state index in [2.05, 4.69) is 0 Å². The number of hydrogen-bond acceptors (Lipinski definition) is 8. The number of hydrogen-bond donors (Lipinski definition) is 1. The zero-order chi connectivity index (χ0) is 19.9. The van der Waals surface area contributed by atoms with Gasteiger partial charge in [0.2, 0.25) is 5.78 Å². The summed E-state index contributed by atoms with van der Waals surface area (Å²) >= 11 is 0. The minimum absolute atomic E-state index is 0.0139. The van der Waals surface area contributed by atoms with Crippen molar-refractivity contribution in [2.45, 2.75) is 12.8 Å². The number of benzene rings is 1. The Morgan fingerprint density at radius 3 is 2.04 bits per heavy atom. The Kier molecular flexibility index (Phi) is 11.1. The SMILES string of the molecule is O=Cc1ccc(OCCOCCOCCOC(=O)CCC(=O)C(=O)O)cc1. The highest BCUT2D eigenvalue weighted by Gasteiger charge is 2.14. The van der Waals surface area contributed by atoms with Crippen molar-refractivity contribution < 1.29 is 43.2 Å². The van der Waals surface area contributed by atoms with Crippen LogP contribution in [0.5, 0.6) is 5.75 Å². The molecule has 0 spiro atoms. The first-order valence-electron chi connectivity index (χ1n) is 8.28. The molecule has 0 aliphatic rings. The number of Topliss-reactive ketones (excluding diaryl/α,β-unsaturated/α-hetero) is 1. The molecule has 0 aliphatic carbocycles. The third-order valence-corrected chi connectivity index (χ3v) is 3.17. The van der Waals surface area contributed by atoms with Gasteiger partial charge in [-0.3, -0.25) is 14.4 Å². The second-order valence-electron chi connectivity index (χ2n) is 5.21. The molecule has 9 heteroatoms. The molecule has 0 radical (unpaired) electrons. The summed E-state index contributed by atoms with van der Waals surface area (Å²) in [7, 11) is 0. The van der Waals surface area contributed by atoms with Crippen molar-refractivity contribution in [2.24, 2.45) is 0 Å². The molecule has 0 saturated heterocycles. The fourth-order valence-corrected chi connectivity index (χ4v) is 1.79. The molecule has 0 aromatic heterocycles. The summed E-state index contributed by atoms with van der Waals surface area (Å²) in [4.78, 5) is 42.9. The molecule has 27 heavy (non-hydrogen) atoms. The average molecular weight is 382 g/mol. The highest BCUT2D eigenvalue weighted by molar-refractivity contribution is 6.32. The van der Waals surface area contributed by atoms with Gasteiger partial charge in [-0.25, -0.2) is 4.79 Å². The summed E-state index contributed by atoms with van der Waals surface area (Å²) in [5.41, 5.74) is 0.579. The van der Waals surface area contributed by atoms with Crippen molar-refractivity contribution in [3.63, 3.8) is 0 Å². The summed E-state index contributed by atoms with van der Waals surface area (Å²) in [6.07, 6.45) is 0.104. The summed E-state index contributed by atoms with van der Waals surface area (Å²) in [5, 5.41) is 8.37. The molecule has 9 nitrogen and oxygen atoms in total. The van der Waals surface area contributed by atoms with Crippen LogP contribution in [-0.2, 0) is 28.6 Å². The van der Waals surface area contributed by atoms with Crippen LogP contribution in [0.4, 0.5) is 0 Å². The monoisotopic (exact) mass is 382 g/mol. The Labute approximate surface area is 156 Å². The molecule has 0 bridgehead atoms. The van der Waals surface area contributed by atoms with Crippen LogP contribution in [0, 0.1) is 0 Å². The van der Waals surface area contributed by atoms with Gasteiger partial charge in [-0.1, -0.05) is 0 Å². The maximum Gasteiger partial charge on any atom is 0.372 e. The van der Waals surface area contributed by atoms with Crippen molar-refractivity contribution in [2.75, 3.05) is 39.6 Å². The number of aldehydes is 1. The van der Waals surface area contributed by atoms with E-state index in [4.69, 9.17) is 24.1 Å². The van der Waals surface area contributed by atoms with E-state index in [1.807, 2.05) is 0 Å². The molecule has 0 amide bonds. The van der Waals surface area contributed by atoms with Crippen LogP contribution in [-0.4, -0.2) is 68.8 Å². The van der Waals surface area contributed by atoms with E-state index in [0.29, 0.717) is 37.7 Å². The quantitative estimate of drug-likeness (QED) is 0.204. The zero-order valence-corrected chi connectivity index (χ0v) is 14.8. The van der Waals surface area contributed by atoms with Gasteiger partial charge in [0.05, 0.1) is 32.8 Å². The predicted molar refractivity (Wildman–Crippen MR) is 91.8 cm³/mol. The van der Waals surface area contributed by atoms with Crippen LogP contribution in [0.3, 0.4) is 0 Å². The van der Waals surface area contributed by atoms with E-state index in [0.717, 1.165) is 6.29 Å². The number of aliphatic carboxylic acids is 1. The third kappa shape index (κ3) is 10.7. The molecule has 1 aromatic rings. The average Bonchev–Trinajstić information content (AvgIpc) is 2.67. The molecule has 148 valence electrons. The topological polar surface area (TPSA) is 125 Å². The lowest BCUT2D eigenvalue weighted by Gasteiger charge is -2.08. The van der Waals surface area contributed by atoms with Gasteiger partial charge in [-0.2, -0.15) is 0 Å². The first-order valence-corrected chi connectivity index (χ1v) is 8.28. The second kappa shape index (κ2) is 13.4. The summed E-state index contributed by atoms with van der Waals surface area (Å²) in [6, 6.07) is 6.72. The first kappa shape index (κ1) is 22.3. The number of ketones is 1. The molecule has 0 saturated carbocycles. The maximum absolute atomic E-state index is 11.3. The lowest BCUT2D eigenvalue weighted by molar-refractivity contribution is -0.151. The van der Waals surface area contributed by atoms with Gasteiger partial charge in [-0.05, 0) is 24.3 Å². The number of carboxylic acids is 1. The number of esters is 1. The van der Waals surface area contributed by atoms with E-state index in [-0.39, 0.29) is 26.1 Å². The van der Waals surface area contributed by atoms with Gasteiger partial charge < -0.3 is 24.1 Å². The van der Waals surface area contributed by atoms with Crippen molar-refractivity contribution in [1.82, 2.24) is 0 Å². The van der Waals surface area contributed by atoms with Gasteiger partial charge in [-0.15, -0.1) is 0 Å². The molecule has 1 aromatic carbocycles. The fraction of sp³-hybridized carbons (Fsp3) is 0.444. The summed E-state index contributed by atoms with van der Waals surface area (Å²) in [5.74, 6) is -2.59. The number of carboxylic acid groups (broad SMARTS) is 1. The molecule has 0 atom stereocenters. The zero-order valence-electron chi connectivity index (χ0n) is 14.8. The Morgan fingerprint density at radius 2 is 1.44 bits per heavy atom. The van der Waals surface area contributed by atoms with E-state index in [1.165, 1.54) is 0 Å². The van der Waals surface area contributed by atoms with E-state index in [1.54, 1.807) is 24.3 Å². The van der Waals surface area contributed by atoms with Crippen molar-refractivity contribution in [3.8, 4) is 5.75 Å². The fourth-order valence-electron chi connectivity index (χ4n) is 1.79. The van der Waals surface area contributed by atoms with Crippen LogP contribution in [0.25, 0.3) is 0 Å². The highest BCUT2D eigenvalue weighted by Crippen LogP contribution is 2.10. The Hall–Kier alpha value is -2.78. The van der Waals surface area contributed by atoms with Crippen LogP contribution >= 0.6 is 0 Å². The normalized spacial score (nSPS) is 10.2. The van der Waals surface area contributed by atoms with Gasteiger partial charge >= 0.3 is 11.9 Å². The van der Waals surface area contributed by atoms with E-state index in [9.17, 15) is 19.2 Å². The first-order chi connectivity index (χ1) is 13.0. The molecular formula is C18H22O9. The van der Waals surface area contributed by atoms with Gasteiger partial charge in [0.15, 0.2) is 0 Å². The van der Waals surface area contributed by atoms with Crippen molar-refractivity contribution in [1.29, 1.82) is 0 Å². The number of carbonyl (C=O) groups is 4. The summed E-state index contributed by atoms with van der Waals surface area (Å²) < 4.78 is 20.7. The van der Waals surface area contributed by atoms with Crippen LogP contribution in [0.1, 0.15) is 23.2 Å². The van der Waals surface area contributed by atoms with Gasteiger partial charge in [0.1, 0.15) is 25.2 Å². The molecule has 0 unspecified atom stereocenters. The van der Waals surface area contributed by atoms with Crippen molar-refractivity contribution >= 4 is 24.0 Å². The standard InChI is InChI=1S/C18H22O9/c19-13-14-1-3-15(4-2-14)26-11-9-24-7-8-25-10-12-27-17(21)6-5-16(20)18(22)23/h1-4,13H,5-12H2,(H,22,23). The predicted octanol–water partition coefficient (Wildman–Crippen LogP) is 0.888. The molecule has 1 rings (SSSR count). The molecule has 0 heterocycles. The number of rotatable bonds is 15. The maximum atomic E-state index is 11.3. The lowest BCUT2D eigenvalue weighted by atomic mass is 10.2. The highest BCUT2D eigenvalue weighted by atomic mass is 16.6.